The summed E-state index contributed by atoms with van der Waals surface area (Å²) < 4.78 is 0. The molecule has 4 nitrogen and oxygen atoms in total. The Bertz CT molecular complexity index is 805. The monoisotopic (exact) mass is 296 g/mol. The molecule has 0 fully saturated rings. The van der Waals surface area contributed by atoms with Crippen molar-refractivity contribution in [2.45, 2.75) is 33.6 Å². The predicted molar refractivity (Wildman–Crippen MR) is 87.7 cm³/mol. The first kappa shape index (κ1) is 14.6. The highest BCUT2D eigenvalue weighted by atomic mass is 16.2. The van der Waals surface area contributed by atoms with Crippen LogP contribution in [0.5, 0.6) is 0 Å². The Labute approximate surface area is 129 Å². The van der Waals surface area contributed by atoms with Crippen LogP contribution in [0.25, 0.3) is 0 Å². The molecule has 1 amide bonds. The summed E-state index contributed by atoms with van der Waals surface area (Å²) in [4.78, 5) is 29.0. The molecule has 0 unspecified atom stereocenters. The Balaban J connectivity index is 2.01. The first-order valence-corrected chi connectivity index (χ1v) is 7.65. The lowest BCUT2D eigenvalue weighted by atomic mass is 10.0. The van der Waals surface area contributed by atoms with E-state index in [-0.39, 0.29) is 11.5 Å². The van der Waals surface area contributed by atoms with Crippen LogP contribution in [0.3, 0.4) is 0 Å². The van der Waals surface area contributed by atoms with Gasteiger partial charge in [0.2, 0.25) is 5.56 Å². The van der Waals surface area contributed by atoms with Crippen molar-refractivity contribution < 1.29 is 4.79 Å². The van der Waals surface area contributed by atoms with Crippen molar-refractivity contribution in [2.75, 3.05) is 11.4 Å². The van der Waals surface area contributed by atoms with Gasteiger partial charge < -0.3 is 9.88 Å². The number of pyridine rings is 1. The van der Waals surface area contributed by atoms with E-state index in [0.29, 0.717) is 18.5 Å². The number of amides is 1. The molecule has 2 heterocycles. The van der Waals surface area contributed by atoms with E-state index in [4.69, 9.17) is 0 Å². The van der Waals surface area contributed by atoms with Crippen molar-refractivity contribution in [3.8, 4) is 0 Å². The summed E-state index contributed by atoms with van der Waals surface area (Å²) in [6.07, 6.45) is 1.57. The van der Waals surface area contributed by atoms with Gasteiger partial charge in [-0.05, 0) is 55.5 Å². The standard InChI is InChI=1S/C18H20N2O2/c1-4-15-9-14(10-17(21)19-15)18(22)20-6-5-13-7-11(2)12(3)8-16(13)20/h7-10H,4-6H2,1-3H3,(H,19,21). The number of hydrogen-bond donors (Lipinski definition) is 1. The Hall–Kier alpha value is -2.36. The van der Waals surface area contributed by atoms with Crippen molar-refractivity contribution >= 4 is 11.6 Å². The summed E-state index contributed by atoms with van der Waals surface area (Å²) in [6.45, 7) is 6.77. The molecular weight excluding hydrogens is 276 g/mol. The van der Waals surface area contributed by atoms with E-state index in [1.807, 2.05) is 6.92 Å². The molecule has 2 aromatic rings. The number of aromatic amines is 1. The Morgan fingerprint density at radius 3 is 2.64 bits per heavy atom. The fourth-order valence-electron chi connectivity index (χ4n) is 2.95. The van der Waals surface area contributed by atoms with Gasteiger partial charge in [-0.3, -0.25) is 9.59 Å². The van der Waals surface area contributed by atoms with E-state index in [9.17, 15) is 9.59 Å². The third-order valence-corrected chi connectivity index (χ3v) is 4.36. The molecule has 1 aliphatic rings. The number of carbonyl (C=O) groups excluding carboxylic acids is 1. The SMILES string of the molecule is CCc1cc(C(=O)N2CCc3cc(C)c(C)cc32)cc(=O)[nH]1. The first-order chi connectivity index (χ1) is 10.5. The molecule has 1 aromatic heterocycles. The molecule has 0 spiro atoms. The van der Waals surface area contributed by atoms with Crippen molar-refractivity contribution in [1.29, 1.82) is 0 Å². The van der Waals surface area contributed by atoms with Crippen LogP contribution in [0.2, 0.25) is 0 Å². The number of hydrogen-bond acceptors (Lipinski definition) is 2. The maximum atomic E-state index is 12.8. The van der Waals surface area contributed by atoms with E-state index in [1.165, 1.54) is 22.8 Å². The lowest BCUT2D eigenvalue weighted by Gasteiger charge is -2.18. The van der Waals surface area contributed by atoms with Crippen LogP contribution in [0.1, 0.15) is 39.7 Å². The molecule has 1 aromatic carbocycles. The molecule has 4 heteroatoms. The van der Waals surface area contributed by atoms with Crippen LogP contribution < -0.4 is 10.5 Å². The quantitative estimate of drug-likeness (QED) is 0.926. The Morgan fingerprint density at radius 1 is 1.18 bits per heavy atom. The van der Waals surface area contributed by atoms with Gasteiger partial charge in [-0.1, -0.05) is 13.0 Å². The highest BCUT2D eigenvalue weighted by Crippen LogP contribution is 2.31. The molecule has 0 aliphatic carbocycles. The second-order valence-corrected chi connectivity index (χ2v) is 5.88. The predicted octanol–water partition coefficient (Wildman–Crippen LogP) is 2.76. The topological polar surface area (TPSA) is 53.2 Å². The second-order valence-electron chi connectivity index (χ2n) is 5.88. The summed E-state index contributed by atoms with van der Waals surface area (Å²) in [7, 11) is 0. The van der Waals surface area contributed by atoms with E-state index < -0.39 is 0 Å². The zero-order chi connectivity index (χ0) is 15.9. The number of carbonyl (C=O) groups is 1. The minimum Gasteiger partial charge on any atom is -0.326 e. The fraction of sp³-hybridized carbons (Fsp3) is 0.333. The zero-order valence-corrected chi connectivity index (χ0v) is 13.2. The summed E-state index contributed by atoms with van der Waals surface area (Å²) in [6, 6.07) is 7.40. The largest absolute Gasteiger partial charge is 0.326 e. The van der Waals surface area contributed by atoms with E-state index in [2.05, 4.69) is 31.0 Å². The average Bonchev–Trinajstić information content (AvgIpc) is 2.89. The third kappa shape index (κ3) is 2.45. The molecule has 3 rings (SSSR count). The van der Waals surface area contributed by atoms with Crippen molar-refractivity contribution in [3.05, 3.63) is 62.6 Å². The summed E-state index contributed by atoms with van der Waals surface area (Å²) in [5, 5.41) is 0. The van der Waals surface area contributed by atoms with Crippen LogP contribution >= 0.6 is 0 Å². The molecular formula is C18H20N2O2. The minimum atomic E-state index is -0.220. The fourth-order valence-corrected chi connectivity index (χ4v) is 2.95. The van der Waals surface area contributed by atoms with E-state index in [1.54, 1.807) is 11.0 Å². The van der Waals surface area contributed by atoms with Gasteiger partial charge in [-0.2, -0.15) is 0 Å². The van der Waals surface area contributed by atoms with Gasteiger partial charge in [0.05, 0.1) is 0 Å². The van der Waals surface area contributed by atoms with Crippen LogP contribution in [0, 0.1) is 13.8 Å². The molecule has 0 saturated heterocycles. The van der Waals surface area contributed by atoms with Gasteiger partial charge in [0.1, 0.15) is 0 Å². The number of aryl methyl sites for hydroxylation is 3. The van der Waals surface area contributed by atoms with Gasteiger partial charge in [0.15, 0.2) is 0 Å². The Morgan fingerprint density at radius 2 is 1.91 bits per heavy atom. The first-order valence-electron chi connectivity index (χ1n) is 7.65. The lowest BCUT2D eigenvalue weighted by Crippen LogP contribution is -2.30. The highest BCUT2D eigenvalue weighted by molar-refractivity contribution is 6.07. The maximum Gasteiger partial charge on any atom is 0.258 e. The number of benzene rings is 1. The van der Waals surface area contributed by atoms with Gasteiger partial charge in [-0.15, -0.1) is 0 Å². The van der Waals surface area contributed by atoms with Gasteiger partial charge >= 0.3 is 0 Å². The van der Waals surface area contributed by atoms with E-state index >= 15 is 0 Å². The number of H-pyrrole nitrogens is 1. The average molecular weight is 296 g/mol. The second kappa shape index (κ2) is 5.44. The molecule has 114 valence electrons. The number of fused-ring (bicyclic) bond motifs is 1. The van der Waals surface area contributed by atoms with Crippen molar-refractivity contribution in [2.24, 2.45) is 0 Å². The molecule has 1 N–H and O–H groups in total. The molecule has 1 aliphatic heterocycles. The maximum absolute atomic E-state index is 12.8. The van der Waals surface area contributed by atoms with Gasteiger partial charge in [0, 0.05) is 29.6 Å². The molecule has 0 saturated carbocycles. The normalized spacial score (nSPS) is 13.3. The number of nitrogens with zero attached hydrogens (tertiary/aromatic N) is 1. The highest BCUT2D eigenvalue weighted by Gasteiger charge is 2.26. The molecule has 0 radical (unpaired) electrons. The third-order valence-electron chi connectivity index (χ3n) is 4.36. The Kier molecular flexibility index (Phi) is 3.61. The minimum absolute atomic E-state index is 0.0946. The van der Waals surface area contributed by atoms with Crippen molar-refractivity contribution in [1.82, 2.24) is 4.98 Å². The summed E-state index contributed by atoms with van der Waals surface area (Å²) in [5.74, 6) is -0.0946. The zero-order valence-electron chi connectivity index (χ0n) is 13.2. The van der Waals surface area contributed by atoms with E-state index in [0.717, 1.165) is 17.8 Å². The van der Waals surface area contributed by atoms with Crippen LogP contribution in [-0.2, 0) is 12.8 Å². The van der Waals surface area contributed by atoms with Crippen LogP contribution in [0.4, 0.5) is 5.69 Å². The van der Waals surface area contributed by atoms with Crippen LogP contribution in [0.15, 0.2) is 29.1 Å². The lowest BCUT2D eigenvalue weighted by molar-refractivity contribution is 0.0989. The number of rotatable bonds is 2. The summed E-state index contributed by atoms with van der Waals surface area (Å²) in [5.41, 5.74) is 5.64. The van der Waals surface area contributed by atoms with Crippen molar-refractivity contribution in [3.63, 3.8) is 0 Å². The summed E-state index contributed by atoms with van der Waals surface area (Å²) >= 11 is 0. The number of aromatic nitrogens is 1. The van der Waals surface area contributed by atoms with Gasteiger partial charge in [-0.25, -0.2) is 0 Å². The van der Waals surface area contributed by atoms with Gasteiger partial charge in [0.25, 0.3) is 5.91 Å². The molecule has 22 heavy (non-hydrogen) atoms. The van der Waals surface area contributed by atoms with Crippen LogP contribution in [-0.4, -0.2) is 17.4 Å². The molecule has 0 bridgehead atoms. The number of anilines is 1. The molecule has 0 atom stereocenters. The smallest absolute Gasteiger partial charge is 0.258 e. The number of nitrogens with one attached hydrogen (secondary N) is 1.